The van der Waals surface area contributed by atoms with E-state index in [1.54, 1.807) is 0 Å². The molecule has 0 aromatic heterocycles. The summed E-state index contributed by atoms with van der Waals surface area (Å²) in [4.78, 5) is 0. The lowest BCUT2D eigenvalue weighted by atomic mass is 9.50. The molecule has 0 amide bonds. The van der Waals surface area contributed by atoms with Crippen LogP contribution in [0.3, 0.4) is 0 Å². The minimum Gasteiger partial charge on any atom is -0.313 e. The highest BCUT2D eigenvalue weighted by Crippen LogP contribution is 2.70. The van der Waals surface area contributed by atoms with Gasteiger partial charge in [0, 0.05) is 16.3 Å². The molecule has 2 heteroatoms. The fourth-order valence-electron chi connectivity index (χ4n) is 9.47. The Morgan fingerprint density at radius 3 is 2.03 bits per heavy atom. The van der Waals surface area contributed by atoms with Crippen LogP contribution in [0.5, 0.6) is 0 Å². The lowest BCUT2D eigenvalue weighted by Crippen LogP contribution is -2.50. The smallest absolute Gasteiger partial charge is 0.146 e. The average Bonchev–Trinajstić information content (AvgIpc) is 3.22. The van der Waals surface area contributed by atoms with Gasteiger partial charge in [0.1, 0.15) is 7.14 Å². The number of hydrogen-bond donors (Lipinski definition) is 0. The first-order valence-corrected chi connectivity index (χ1v) is 15.5. The van der Waals surface area contributed by atoms with Crippen molar-refractivity contribution in [3.63, 3.8) is 0 Å². The summed E-state index contributed by atoms with van der Waals surface area (Å²) in [5.74, 6) is 5.51. The van der Waals surface area contributed by atoms with E-state index in [0.29, 0.717) is 0 Å². The lowest BCUT2D eigenvalue weighted by molar-refractivity contribution is -0.0544. The van der Waals surface area contributed by atoms with Gasteiger partial charge in [-0.05, 0) is 92.3 Å². The number of fused-ring (bicyclic) bond motifs is 5. The summed E-state index contributed by atoms with van der Waals surface area (Å²) in [6.45, 7) is 5.03. The van der Waals surface area contributed by atoms with Crippen LogP contribution < -0.4 is 10.6 Å². The molecule has 4 aliphatic carbocycles. The molecule has 2 aromatic rings. The third-order valence-electron chi connectivity index (χ3n) is 10.9. The Bertz CT molecular complexity index is 972. The standard InChI is InChI=1S/C31H41OP/c1-22-13-15-26-23(21-22)14-16-28-27(26)19-20-31(2)29(28)17-18-30(31)33(32,24-9-5-3-6-10-24)25-11-7-4-8-12-25/h3-12,22-23,26-30H,13-21H2,1-2H3/t22?,23?,26?,27?,28?,29-,30?,31?/m0/s1. The Balaban J connectivity index is 1.36. The molecule has 0 aliphatic heterocycles. The molecular weight excluding hydrogens is 419 g/mol. The van der Waals surface area contributed by atoms with Crippen LogP contribution in [-0.4, -0.2) is 5.66 Å². The normalized spacial score (nSPS) is 40.5. The van der Waals surface area contributed by atoms with Crippen molar-refractivity contribution >= 4 is 17.8 Å². The lowest BCUT2D eigenvalue weighted by Gasteiger charge is -2.56. The van der Waals surface area contributed by atoms with Crippen LogP contribution in [0.25, 0.3) is 0 Å². The van der Waals surface area contributed by atoms with Crippen molar-refractivity contribution in [2.45, 2.75) is 77.3 Å². The number of hydrogen-bond acceptors (Lipinski definition) is 1. The molecule has 0 heterocycles. The second kappa shape index (κ2) is 8.41. The maximum absolute atomic E-state index is 15.3. The van der Waals surface area contributed by atoms with Gasteiger partial charge in [0.15, 0.2) is 0 Å². The van der Waals surface area contributed by atoms with Crippen molar-refractivity contribution in [1.82, 2.24) is 0 Å². The minimum absolute atomic E-state index is 0.206. The van der Waals surface area contributed by atoms with Crippen LogP contribution >= 0.6 is 7.14 Å². The summed E-state index contributed by atoms with van der Waals surface area (Å²) in [5, 5.41) is 2.16. The van der Waals surface area contributed by atoms with Crippen molar-refractivity contribution in [1.29, 1.82) is 0 Å². The Hall–Kier alpha value is -1.33. The fourth-order valence-corrected chi connectivity index (χ4v) is 13.4. The van der Waals surface area contributed by atoms with Crippen LogP contribution in [0.4, 0.5) is 0 Å². The summed E-state index contributed by atoms with van der Waals surface area (Å²) in [6.07, 6.45) is 12.4. The van der Waals surface area contributed by atoms with Gasteiger partial charge in [-0.3, -0.25) is 0 Å². The first-order valence-electron chi connectivity index (χ1n) is 13.7. The Morgan fingerprint density at radius 2 is 1.36 bits per heavy atom. The molecule has 4 fully saturated rings. The molecule has 176 valence electrons. The van der Waals surface area contributed by atoms with Crippen LogP contribution in [0, 0.1) is 40.9 Å². The van der Waals surface area contributed by atoms with Crippen molar-refractivity contribution in [2.24, 2.45) is 40.9 Å². The van der Waals surface area contributed by atoms with Crippen LogP contribution in [-0.2, 0) is 4.57 Å². The van der Waals surface area contributed by atoms with E-state index in [0.717, 1.165) is 52.5 Å². The highest BCUT2D eigenvalue weighted by molar-refractivity contribution is 7.79. The molecule has 33 heavy (non-hydrogen) atoms. The molecule has 0 bridgehead atoms. The van der Waals surface area contributed by atoms with E-state index in [1.807, 2.05) is 0 Å². The maximum atomic E-state index is 15.3. The number of rotatable bonds is 3. The molecule has 7 unspecified atom stereocenters. The largest absolute Gasteiger partial charge is 0.313 e. The SMILES string of the molecule is CC1CCC2C(CCC3C2CCC2(C)C(P(=O)(c4ccccc4)c4ccccc4)CC[C@@H]32)C1. The van der Waals surface area contributed by atoms with Crippen LogP contribution in [0.2, 0.25) is 0 Å². The minimum atomic E-state index is -2.71. The predicted molar refractivity (Wildman–Crippen MR) is 140 cm³/mol. The van der Waals surface area contributed by atoms with Gasteiger partial charge < -0.3 is 4.57 Å². The van der Waals surface area contributed by atoms with E-state index in [-0.39, 0.29) is 11.1 Å². The van der Waals surface area contributed by atoms with E-state index >= 15 is 4.57 Å². The monoisotopic (exact) mass is 460 g/mol. The van der Waals surface area contributed by atoms with E-state index < -0.39 is 7.14 Å². The van der Waals surface area contributed by atoms with Crippen molar-refractivity contribution in [3.8, 4) is 0 Å². The van der Waals surface area contributed by atoms with Gasteiger partial charge in [0.2, 0.25) is 0 Å². The first kappa shape index (κ1) is 22.2. The third kappa shape index (κ3) is 3.43. The summed E-state index contributed by atoms with van der Waals surface area (Å²) in [5.41, 5.74) is 0.488. The Labute approximate surface area is 201 Å². The predicted octanol–water partition coefficient (Wildman–Crippen LogP) is 7.66. The zero-order valence-corrected chi connectivity index (χ0v) is 21.4. The zero-order valence-electron chi connectivity index (χ0n) is 20.5. The molecule has 0 saturated heterocycles. The quantitative estimate of drug-likeness (QED) is 0.430. The van der Waals surface area contributed by atoms with Gasteiger partial charge in [-0.15, -0.1) is 0 Å². The molecule has 4 saturated carbocycles. The third-order valence-corrected chi connectivity index (χ3v) is 14.7. The van der Waals surface area contributed by atoms with E-state index in [2.05, 4.69) is 74.5 Å². The van der Waals surface area contributed by atoms with Gasteiger partial charge >= 0.3 is 0 Å². The van der Waals surface area contributed by atoms with Crippen molar-refractivity contribution < 1.29 is 4.57 Å². The van der Waals surface area contributed by atoms with Crippen molar-refractivity contribution in [2.75, 3.05) is 0 Å². The molecule has 4 aliphatic rings. The van der Waals surface area contributed by atoms with Gasteiger partial charge in [-0.2, -0.15) is 0 Å². The second-order valence-electron chi connectivity index (χ2n) is 12.3. The molecule has 0 spiro atoms. The van der Waals surface area contributed by atoms with Crippen molar-refractivity contribution in [3.05, 3.63) is 60.7 Å². The molecule has 6 rings (SSSR count). The summed E-state index contributed by atoms with van der Waals surface area (Å²) in [6, 6.07) is 21.0. The van der Waals surface area contributed by atoms with Crippen LogP contribution in [0.1, 0.15) is 71.6 Å². The van der Waals surface area contributed by atoms with E-state index in [1.165, 1.54) is 51.4 Å². The van der Waals surface area contributed by atoms with Crippen LogP contribution in [0.15, 0.2) is 60.7 Å². The molecule has 2 aromatic carbocycles. The molecule has 0 N–H and O–H groups in total. The Morgan fingerprint density at radius 1 is 0.727 bits per heavy atom. The highest BCUT2D eigenvalue weighted by Gasteiger charge is 2.61. The molecule has 8 atom stereocenters. The van der Waals surface area contributed by atoms with E-state index in [4.69, 9.17) is 0 Å². The first-order chi connectivity index (χ1) is 16.0. The maximum Gasteiger partial charge on any atom is 0.146 e. The number of benzene rings is 2. The van der Waals surface area contributed by atoms with Gasteiger partial charge in [0.05, 0.1) is 0 Å². The fraction of sp³-hybridized carbons (Fsp3) is 0.613. The molecule has 0 radical (unpaired) electrons. The summed E-state index contributed by atoms with van der Waals surface area (Å²) in [7, 11) is -2.71. The summed E-state index contributed by atoms with van der Waals surface area (Å²) < 4.78 is 15.3. The topological polar surface area (TPSA) is 17.1 Å². The van der Waals surface area contributed by atoms with Gasteiger partial charge in [-0.25, -0.2) is 0 Å². The second-order valence-corrected chi connectivity index (χ2v) is 15.3. The molecular formula is C31H41OP. The highest BCUT2D eigenvalue weighted by atomic mass is 31.2. The summed E-state index contributed by atoms with van der Waals surface area (Å²) >= 11 is 0. The van der Waals surface area contributed by atoms with Gasteiger partial charge in [-0.1, -0.05) is 80.9 Å². The van der Waals surface area contributed by atoms with Gasteiger partial charge in [0.25, 0.3) is 0 Å². The van der Waals surface area contributed by atoms with E-state index in [9.17, 15) is 0 Å². The average molecular weight is 461 g/mol. The molecule has 1 nitrogen and oxygen atoms in total. The zero-order chi connectivity index (χ0) is 22.6. The Kier molecular flexibility index (Phi) is 5.64.